The third-order valence-electron chi connectivity index (χ3n) is 4.43. The van der Waals surface area contributed by atoms with Gasteiger partial charge in [-0.25, -0.2) is 4.39 Å². The number of hydrogen-bond acceptors (Lipinski definition) is 4. The molecule has 5 nitrogen and oxygen atoms in total. The number of benzene rings is 1. The van der Waals surface area contributed by atoms with E-state index in [1.165, 1.54) is 25.0 Å². The molecule has 3 rings (SSSR count). The monoisotopic (exact) mass is 405 g/mol. The normalized spacial score (nSPS) is 25.6. The zero-order valence-electron chi connectivity index (χ0n) is 11.5. The smallest absolute Gasteiger partial charge is 0.293 e. The molecule has 2 unspecified atom stereocenters. The zero-order valence-corrected chi connectivity index (χ0v) is 13.7. The maximum atomic E-state index is 13.7. The molecule has 0 bridgehead atoms. The van der Waals surface area contributed by atoms with Crippen molar-refractivity contribution in [1.82, 2.24) is 4.90 Å². The molecule has 2 aliphatic heterocycles. The van der Waals surface area contributed by atoms with Crippen LogP contribution in [0.4, 0.5) is 15.8 Å². The van der Waals surface area contributed by atoms with Crippen LogP contribution in [0.2, 0.25) is 0 Å². The number of hydrogen-bond donors (Lipinski definition) is 1. The summed E-state index contributed by atoms with van der Waals surface area (Å²) < 4.78 is 14.0. The van der Waals surface area contributed by atoms with Gasteiger partial charge in [-0.15, -0.1) is 0 Å². The lowest BCUT2D eigenvalue weighted by atomic mass is 9.99. The SMILES string of the molecule is O=[N+]([O-])c1cc(I)c(F)cc1NC1CCN2CCCCC12. The van der Waals surface area contributed by atoms with Crippen LogP contribution >= 0.6 is 22.6 Å². The fourth-order valence-electron chi connectivity index (χ4n) is 3.42. The van der Waals surface area contributed by atoms with Gasteiger partial charge in [-0.3, -0.25) is 15.0 Å². The first-order chi connectivity index (χ1) is 10.1. The lowest BCUT2D eigenvalue weighted by Gasteiger charge is -2.32. The molecule has 7 heteroatoms. The van der Waals surface area contributed by atoms with Crippen LogP contribution in [0.3, 0.4) is 0 Å². The molecule has 1 aromatic rings. The van der Waals surface area contributed by atoms with E-state index < -0.39 is 10.7 Å². The molecule has 114 valence electrons. The van der Waals surface area contributed by atoms with Crippen molar-refractivity contribution in [2.24, 2.45) is 0 Å². The molecular weight excluding hydrogens is 388 g/mol. The summed E-state index contributed by atoms with van der Waals surface area (Å²) in [6.45, 7) is 2.12. The molecule has 1 N–H and O–H groups in total. The van der Waals surface area contributed by atoms with E-state index in [9.17, 15) is 14.5 Å². The quantitative estimate of drug-likeness (QED) is 0.476. The van der Waals surface area contributed by atoms with Crippen LogP contribution in [0.25, 0.3) is 0 Å². The van der Waals surface area contributed by atoms with Crippen LogP contribution in [0.15, 0.2) is 12.1 Å². The van der Waals surface area contributed by atoms with Crippen LogP contribution in [-0.2, 0) is 0 Å². The second kappa shape index (κ2) is 6.04. The molecule has 2 aliphatic rings. The largest absolute Gasteiger partial charge is 0.375 e. The molecule has 21 heavy (non-hydrogen) atoms. The number of fused-ring (bicyclic) bond motifs is 1. The molecular formula is C14H17FIN3O2. The van der Waals surface area contributed by atoms with Crippen molar-refractivity contribution < 1.29 is 9.31 Å². The first-order valence-electron chi connectivity index (χ1n) is 7.20. The first-order valence-corrected chi connectivity index (χ1v) is 8.28. The topological polar surface area (TPSA) is 58.4 Å². The van der Waals surface area contributed by atoms with Crippen molar-refractivity contribution in [1.29, 1.82) is 0 Å². The summed E-state index contributed by atoms with van der Waals surface area (Å²) in [6.07, 6.45) is 4.48. The summed E-state index contributed by atoms with van der Waals surface area (Å²) in [5.41, 5.74) is 0.255. The number of nitrogens with one attached hydrogen (secondary N) is 1. The fraction of sp³-hybridized carbons (Fsp3) is 0.571. The maximum Gasteiger partial charge on any atom is 0.293 e. The molecule has 0 spiro atoms. The van der Waals surface area contributed by atoms with E-state index in [0.717, 1.165) is 25.9 Å². The molecule has 2 fully saturated rings. The summed E-state index contributed by atoms with van der Waals surface area (Å²) in [4.78, 5) is 13.2. The highest BCUT2D eigenvalue weighted by Gasteiger charge is 2.36. The molecule has 1 aromatic carbocycles. The van der Waals surface area contributed by atoms with Crippen molar-refractivity contribution >= 4 is 34.0 Å². The van der Waals surface area contributed by atoms with Gasteiger partial charge in [0.25, 0.3) is 5.69 Å². The summed E-state index contributed by atoms with van der Waals surface area (Å²) in [5.74, 6) is -0.415. The Bertz CT molecular complexity index is 569. The van der Waals surface area contributed by atoms with Crippen LogP contribution in [0, 0.1) is 19.5 Å². The van der Waals surface area contributed by atoms with E-state index in [-0.39, 0.29) is 15.3 Å². The number of halogens is 2. The number of nitrogens with zero attached hydrogens (tertiary/aromatic N) is 2. The molecule has 2 heterocycles. The minimum Gasteiger partial charge on any atom is -0.375 e. The van der Waals surface area contributed by atoms with Crippen LogP contribution in [-0.4, -0.2) is 35.0 Å². The third-order valence-corrected chi connectivity index (χ3v) is 5.26. The second-order valence-electron chi connectivity index (χ2n) is 5.68. The van der Waals surface area contributed by atoms with E-state index >= 15 is 0 Å². The highest BCUT2D eigenvalue weighted by atomic mass is 127. The number of rotatable bonds is 3. The van der Waals surface area contributed by atoms with Gasteiger partial charge in [0, 0.05) is 30.8 Å². The molecule has 2 saturated heterocycles. The van der Waals surface area contributed by atoms with Crippen LogP contribution in [0.5, 0.6) is 0 Å². The molecule has 2 atom stereocenters. The predicted octanol–water partition coefficient (Wildman–Crippen LogP) is 3.38. The summed E-state index contributed by atoms with van der Waals surface area (Å²) in [6, 6.07) is 3.14. The summed E-state index contributed by atoms with van der Waals surface area (Å²) in [5, 5.41) is 14.4. The Morgan fingerprint density at radius 3 is 2.90 bits per heavy atom. The first kappa shape index (κ1) is 15.0. The second-order valence-corrected chi connectivity index (χ2v) is 6.84. The molecule has 0 aromatic heterocycles. The molecule has 0 saturated carbocycles. The van der Waals surface area contributed by atoms with Gasteiger partial charge >= 0.3 is 0 Å². The summed E-state index contributed by atoms with van der Waals surface area (Å²) >= 11 is 1.78. The number of anilines is 1. The molecule has 0 aliphatic carbocycles. The standard InChI is InChI=1S/C14H17FIN3O2/c15-9-7-12(14(19(20)21)8-10(9)16)17-11-4-6-18-5-2-1-3-13(11)18/h7-8,11,13,17H,1-6H2. The number of piperidine rings is 1. The molecule has 0 radical (unpaired) electrons. The van der Waals surface area contributed by atoms with Gasteiger partial charge < -0.3 is 5.32 Å². The van der Waals surface area contributed by atoms with E-state index in [4.69, 9.17) is 0 Å². The van der Waals surface area contributed by atoms with Gasteiger partial charge in [-0.1, -0.05) is 6.42 Å². The van der Waals surface area contributed by atoms with Crippen LogP contribution < -0.4 is 5.32 Å². The van der Waals surface area contributed by atoms with Crippen LogP contribution in [0.1, 0.15) is 25.7 Å². The van der Waals surface area contributed by atoms with Crippen molar-refractivity contribution in [3.63, 3.8) is 0 Å². The highest BCUT2D eigenvalue weighted by molar-refractivity contribution is 14.1. The fourth-order valence-corrected chi connectivity index (χ4v) is 3.87. The predicted molar refractivity (Wildman–Crippen MR) is 87.0 cm³/mol. The van der Waals surface area contributed by atoms with Crippen molar-refractivity contribution in [3.8, 4) is 0 Å². The van der Waals surface area contributed by atoms with Gasteiger partial charge in [-0.05, 0) is 48.4 Å². The lowest BCUT2D eigenvalue weighted by Crippen LogP contribution is -2.41. The van der Waals surface area contributed by atoms with E-state index in [2.05, 4.69) is 10.2 Å². The summed E-state index contributed by atoms with van der Waals surface area (Å²) in [7, 11) is 0. The number of nitro groups is 1. The zero-order chi connectivity index (χ0) is 15.0. The molecule has 0 amide bonds. The Balaban J connectivity index is 1.84. The lowest BCUT2D eigenvalue weighted by molar-refractivity contribution is -0.384. The van der Waals surface area contributed by atoms with E-state index in [1.807, 2.05) is 0 Å². The Morgan fingerprint density at radius 2 is 2.14 bits per heavy atom. The van der Waals surface area contributed by atoms with Gasteiger partial charge in [0.1, 0.15) is 11.5 Å². The average Bonchev–Trinajstić information content (AvgIpc) is 2.86. The minimum atomic E-state index is -0.447. The van der Waals surface area contributed by atoms with Gasteiger partial charge in [-0.2, -0.15) is 0 Å². The number of nitro benzene ring substituents is 1. The highest BCUT2D eigenvalue weighted by Crippen LogP contribution is 2.33. The van der Waals surface area contributed by atoms with Crippen molar-refractivity contribution in [2.45, 2.75) is 37.8 Å². The minimum absolute atomic E-state index is 0.0462. The average molecular weight is 405 g/mol. The van der Waals surface area contributed by atoms with Gasteiger partial charge in [0.15, 0.2) is 0 Å². The van der Waals surface area contributed by atoms with Gasteiger partial charge in [0.2, 0.25) is 0 Å². The van der Waals surface area contributed by atoms with Gasteiger partial charge in [0.05, 0.1) is 8.49 Å². The van der Waals surface area contributed by atoms with E-state index in [0.29, 0.717) is 11.7 Å². The Morgan fingerprint density at radius 1 is 1.33 bits per heavy atom. The Hall–Kier alpha value is -0.960. The third kappa shape index (κ3) is 2.98. The van der Waals surface area contributed by atoms with Crippen molar-refractivity contribution in [2.75, 3.05) is 18.4 Å². The Kier molecular flexibility index (Phi) is 4.30. The van der Waals surface area contributed by atoms with E-state index in [1.54, 1.807) is 22.6 Å². The van der Waals surface area contributed by atoms with Crippen molar-refractivity contribution in [3.05, 3.63) is 31.6 Å². The maximum absolute atomic E-state index is 13.7. The Labute approximate surface area is 136 Å².